The molecule has 9 nitrogen and oxygen atoms in total. The monoisotopic (exact) mass is 392 g/mol. The molecule has 9 heteroatoms. The molecule has 3 fully saturated rings. The molecule has 3 aliphatic heterocycles. The SMILES string of the molecule is CC1COC(OC2COC(OC3CC(O)C(C)O[C@@H]3CO)C(O)C2)C(O)C1. The van der Waals surface area contributed by atoms with Gasteiger partial charge in [-0.05, 0) is 19.3 Å². The molecule has 3 saturated heterocycles. The van der Waals surface area contributed by atoms with Crippen molar-refractivity contribution in [3.8, 4) is 0 Å². The molecule has 3 rings (SSSR count). The van der Waals surface area contributed by atoms with Crippen LogP contribution in [0.15, 0.2) is 0 Å². The van der Waals surface area contributed by atoms with Crippen LogP contribution >= 0.6 is 0 Å². The zero-order valence-electron chi connectivity index (χ0n) is 15.8. The van der Waals surface area contributed by atoms with Gasteiger partial charge in [-0.15, -0.1) is 0 Å². The van der Waals surface area contributed by atoms with E-state index in [4.69, 9.17) is 23.7 Å². The topological polar surface area (TPSA) is 127 Å². The molecule has 0 aromatic rings. The van der Waals surface area contributed by atoms with Crippen LogP contribution in [0.5, 0.6) is 0 Å². The van der Waals surface area contributed by atoms with E-state index >= 15 is 0 Å². The molecule has 3 aliphatic rings. The van der Waals surface area contributed by atoms with Gasteiger partial charge in [-0.2, -0.15) is 0 Å². The van der Waals surface area contributed by atoms with Gasteiger partial charge in [-0.3, -0.25) is 0 Å². The molecule has 0 bridgehead atoms. The quantitative estimate of drug-likeness (QED) is 0.472. The minimum absolute atomic E-state index is 0.181. The van der Waals surface area contributed by atoms with Crippen molar-refractivity contribution in [2.75, 3.05) is 19.8 Å². The first-order valence-electron chi connectivity index (χ1n) is 9.72. The van der Waals surface area contributed by atoms with E-state index in [-0.39, 0.29) is 31.7 Å². The number of hydrogen-bond acceptors (Lipinski definition) is 9. The third-order valence-electron chi connectivity index (χ3n) is 5.40. The summed E-state index contributed by atoms with van der Waals surface area (Å²) in [5.41, 5.74) is 0. The molecule has 0 aliphatic carbocycles. The Labute approximate surface area is 159 Å². The second kappa shape index (κ2) is 9.43. The normalized spacial score (nSPS) is 49.1. The van der Waals surface area contributed by atoms with Crippen LogP contribution in [0, 0.1) is 5.92 Å². The molecular weight excluding hydrogens is 360 g/mol. The fraction of sp³-hybridized carbons (Fsp3) is 1.00. The maximum atomic E-state index is 10.4. The van der Waals surface area contributed by atoms with Gasteiger partial charge in [0.1, 0.15) is 18.3 Å². The number of ether oxygens (including phenoxy) is 5. The van der Waals surface area contributed by atoms with Gasteiger partial charge in [0.15, 0.2) is 12.6 Å². The first-order chi connectivity index (χ1) is 12.9. The predicted molar refractivity (Wildman–Crippen MR) is 91.7 cm³/mol. The number of hydrogen-bond donors (Lipinski definition) is 4. The molecule has 10 atom stereocenters. The third-order valence-corrected chi connectivity index (χ3v) is 5.40. The Balaban J connectivity index is 1.48. The fourth-order valence-corrected chi connectivity index (χ4v) is 3.78. The van der Waals surface area contributed by atoms with Crippen molar-refractivity contribution < 1.29 is 44.1 Å². The first-order valence-corrected chi connectivity index (χ1v) is 9.72. The van der Waals surface area contributed by atoms with E-state index in [2.05, 4.69) is 0 Å². The zero-order valence-corrected chi connectivity index (χ0v) is 15.8. The smallest absolute Gasteiger partial charge is 0.184 e. The third kappa shape index (κ3) is 5.37. The van der Waals surface area contributed by atoms with E-state index < -0.39 is 49.2 Å². The zero-order chi connectivity index (χ0) is 19.6. The minimum Gasteiger partial charge on any atom is -0.394 e. The van der Waals surface area contributed by atoms with Crippen molar-refractivity contribution in [2.45, 2.75) is 88.4 Å². The van der Waals surface area contributed by atoms with Crippen LogP contribution in [0.25, 0.3) is 0 Å². The molecule has 0 amide bonds. The molecule has 158 valence electrons. The van der Waals surface area contributed by atoms with Gasteiger partial charge in [0, 0.05) is 12.8 Å². The fourth-order valence-electron chi connectivity index (χ4n) is 3.78. The van der Waals surface area contributed by atoms with E-state index in [1.807, 2.05) is 6.92 Å². The highest BCUT2D eigenvalue weighted by atomic mass is 16.7. The Bertz CT molecular complexity index is 464. The van der Waals surface area contributed by atoms with Crippen LogP contribution in [0.1, 0.15) is 33.1 Å². The standard InChI is InChI=1S/C18H32O9/c1-9-3-13(21)17(23-7-9)26-11-4-14(22)18(24-8-11)27-15-5-12(20)10(2)25-16(15)6-19/h9-22H,3-8H2,1-2H3/t9?,10?,11?,12?,13?,14?,15?,16-,17?,18?/m1/s1. The summed E-state index contributed by atoms with van der Waals surface area (Å²) in [7, 11) is 0. The highest BCUT2D eigenvalue weighted by Crippen LogP contribution is 2.28. The van der Waals surface area contributed by atoms with Crippen molar-refractivity contribution in [2.24, 2.45) is 5.92 Å². The summed E-state index contributed by atoms with van der Waals surface area (Å²) in [6.45, 7) is 4.20. The van der Waals surface area contributed by atoms with Crippen molar-refractivity contribution in [1.82, 2.24) is 0 Å². The lowest BCUT2D eigenvalue weighted by Gasteiger charge is -2.42. The van der Waals surface area contributed by atoms with Crippen LogP contribution in [0.3, 0.4) is 0 Å². The van der Waals surface area contributed by atoms with E-state index in [0.29, 0.717) is 19.4 Å². The van der Waals surface area contributed by atoms with Crippen molar-refractivity contribution in [3.63, 3.8) is 0 Å². The largest absolute Gasteiger partial charge is 0.394 e. The Kier molecular flexibility index (Phi) is 7.45. The molecule has 27 heavy (non-hydrogen) atoms. The van der Waals surface area contributed by atoms with Gasteiger partial charge < -0.3 is 44.1 Å². The van der Waals surface area contributed by atoms with E-state index in [1.54, 1.807) is 6.92 Å². The van der Waals surface area contributed by atoms with Gasteiger partial charge >= 0.3 is 0 Å². The van der Waals surface area contributed by atoms with Crippen LogP contribution in [0.4, 0.5) is 0 Å². The molecule has 0 saturated carbocycles. The van der Waals surface area contributed by atoms with Gasteiger partial charge in [-0.1, -0.05) is 6.92 Å². The number of rotatable bonds is 5. The molecule has 0 spiro atoms. The van der Waals surface area contributed by atoms with Crippen LogP contribution in [-0.4, -0.2) is 95.6 Å². The lowest BCUT2D eigenvalue weighted by Crippen LogP contribution is -2.53. The van der Waals surface area contributed by atoms with E-state index in [9.17, 15) is 20.4 Å². The number of aliphatic hydroxyl groups excluding tert-OH is 4. The molecule has 0 radical (unpaired) electrons. The average molecular weight is 392 g/mol. The molecule has 0 aromatic heterocycles. The van der Waals surface area contributed by atoms with Crippen LogP contribution in [0.2, 0.25) is 0 Å². The molecule has 3 heterocycles. The summed E-state index contributed by atoms with van der Waals surface area (Å²) < 4.78 is 28.2. The van der Waals surface area contributed by atoms with Crippen LogP contribution < -0.4 is 0 Å². The van der Waals surface area contributed by atoms with Gasteiger partial charge in [0.25, 0.3) is 0 Å². The summed E-state index contributed by atoms with van der Waals surface area (Å²) >= 11 is 0. The molecule has 0 aromatic carbocycles. The number of aliphatic hydroxyl groups is 4. The Hall–Kier alpha value is -0.360. The Morgan fingerprint density at radius 2 is 1.52 bits per heavy atom. The highest BCUT2D eigenvalue weighted by Gasteiger charge is 2.41. The summed E-state index contributed by atoms with van der Waals surface area (Å²) in [6.07, 6.45) is -4.78. The van der Waals surface area contributed by atoms with Gasteiger partial charge in [0.05, 0.1) is 44.2 Å². The highest BCUT2D eigenvalue weighted by molar-refractivity contribution is 4.85. The second-order valence-electron chi connectivity index (χ2n) is 7.91. The molecule has 4 N–H and O–H groups in total. The lowest BCUT2D eigenvalue weighted by molar-refractivity contribution is -0.310. The van der Waals surface area contributed by atoms with Crippen molar-refractivity contribution in [1.29, 1.82) is 0 Å². The minimum atomic E-state index is -0.945. The van der Waals surface area contributed by atoms with E-state index in [0.717, 1.165) is 0 Å². The Morgan fingerprint density at radius 1 is 0.852 bits per heavy atom. The van der Waals surface area contributed by atoms with E-state index in [1.165, 1.54) is 0 Å². The summed E-state index contributed by atoms with van der Waals surface area (Å²) in [4.78, 5) is 0. The first kappa shape index (κ1) is 21.4. The Morgan fingerprint density at radius 3 is 2.19 bits per heavy atom. The average Bonchev–Trinajstić information content (AvgIpc) is 2.62. The van der Waals surface area contributed by atoms with Crippen molar-refractivity contribution >= 4 is 0 Å². The molecule has 9 unspecified atom stereocenters. The van der Waals surface area contributed by atoms with Crippen molar-refractivity contribution in [3.05, 3.63) is 0 Å². The summed E-state index contributed by atoms with van der Waals surface area (Å²) in [6, 6.07) is 0. The molecular formula is C18H32O9. The lowest BCUT2D eigenvalue weighted by atomic mass is 9.99. The summed E-state index contributed by atoms with van der Waals surface area (Å²) in [5.74, 6) is 0.279. The predicted octanol–water partition coefficient (Wildman–Crippen LogP) is -0.862. The maximum absolute atomic E-state index is 10.4. The van der Waals surface area contributed by atoms with Gasteiger partial charge in [-0.25, -0.2) is 0 Å². The van der Waals surface area contributed by atoms with Gasteiger partial charge in [0.2, 0.25) is 0 Å². The maximum Gasteiger partial charge on any atom is 0.184 e. The van der Waals surface area contributed by atoms with Crippen LogP contribution in [-0.2, 0) is 23.7 Å². The summed E-state index contributed by atoms with van der Waals surface area (Å²) in [5, 5.41) is 39.9. The second-order valence-corrected chi connectivity index (χ2v) is 7.91.